The van der Waals surface area contributed by atoms with Gasteiger partial charge in [0.25, 0.3) is 0 Å². The van der Waals surface area contributed by atoms with Gasteiger partial charge in [0, 0.05) is 6.61 Å². The molecular formula is C16H34O2. The molecule has 110 valence electrons. The van der Waals surface area contributed by atoms with Crippen molar-refractivity contribution < 1.29 is 10.2 Å². The second-order valence-electron chi connectivity index (χ2n) is 5.57. The molecule has 3 unspecified atom stereocenters. The standard InChI is InChI=1S/C16H34O2/c1-4-7-9-11-14(13-17)15(16(18)6-3)12-10-8-5-2/h14-18H,4-13H2,1-3H3. The van der Waals surface area contributed by atoms with Gasteiger partial charge >= 0.3 is 0 Å². The van der Waals surface area contributed by atoms with E-state index in [1.165, 1.54) is 38.5 Å². The topological polar surface area (TPSA) is 40.5 Å². The lowest BCUT2D eigenvalue weighted by molar-refractivity contribution is 0.0348. The maximum Gasteiger partial charge on any atom is 0.0569 e. The highest BCUT2D eigenvalue weighted by Gasteiger charge is 2.25. The lowest BCUT2D eigenvalue weighted by Crippen LogP contribution is -2.30. The van der Waals surface area contributed by atoms with E-state index in [-0.39, 0.29) is 12.7 Å². The highest BCUT2D eigenvalue weighted by Crippen LogP contribution is 2.28. The molecule has 0 fully saturated rings. The Morgan fingerprint density at radius 2 is 1.39 bits per heavy atom. The minimum Gasteiger partial charge on any atom is -0.396 e. The second-order valence-corrected chi connectivity index (χ2v) is 5.57. The van der Waals surface area contributed by atoms with Gasteiger partial charge in [-0.1, -0.05) is 59.3 Å². The van der Waals surface area contributed by atoms with Crippen LogP contribution in [-0.2, 0) is 0 Å². The normalized spacial score (nSPS) is 16.5. The van der Waals surface area contributed by atoms with Crippen molar-refractivity contribution in [3.8, 4) is 0 Å². The lowest BCUT2D eigenvalue weighted by atomic mass is 9.80. The zero-order valence-electron chi connectivity index (χ0n) is 12.7. The zero-order chi connectivity index (χ0) is 13.8. The maximum absolute atomic E-state index is 10.2. The summed E-state index contributed by atoms with van der Waals surface area (Å²) in [4.78, 5) is 0. The highest BCUT2D eigenvalue weighted by molar-refractivity contribution is 4.76. The Bertz CT molecular complexity index is 170. The Morgan fingerprint density at radius 3 is 1.83 bits per heavy atom. The van der Waals surface area contributed by atoms with Crippen LogP contribution in [0.4, 0.5) is 0 Å². The van der Waals surface area contributed by atoms with E-state index in [9.17, 15) is 10.2 Å². The first-order chi connectivity index (χ1) is 8.71. The van der Waals surface area contributed by atoms with E-state index in [0.29, 0.717) is 11.8 Å². The fourth-order valence-electron chi connectivity index (χ4n) is 2.77. The lowest BCUT2D eigenvalue weighted by Gasteiger charge is -2.29. The summed E-state index contributed by atoms with van der Waals surface area (Å²) >= 11 is 0. The molecule has 0 rings (SSSR count). The third kappa shape index (κ3) is 7.38. The first-order valence-electron chi connectivity index (χ1n) is 8.00. The highest BCUT2D eigenvalue weighted by atomic mass is 16.3. The number of aliphatic hydroxyl groups is 2. The van der Waals surface area contributed by atoms with Crippen molar-refractivity contribution in [3.05, 3.63) is 0 Å². The van der Waals surface area contributed by atoms with E-state index >= 15 is 0 Å². The van der Waals surface area contributed by atoms with E-state index in [0.717, 1.165) is 19.3 Å². The van der Waals surface area contributed by atoms with Crippen LogP contribution in [0.2, 0.25) is 0 Å². The SMILES string of the molecule is CCCCCC(CO)C(CCCCC)C(O)CC. The average Bonchev–Trinajstić information content (AvgIpc) is 2.40. The quantitative estimate of drug-likeness (QED) is 0.516. The third-order valence-corrected chi connectivity index (χ3v) is 4.07. The predicted octanol–water partition coefficient (Wildman–Crippen LogP) is 4.14. The fraction of sp³-hybridized carbons (Fsp3) is 1.00. The summed E-state index contributed by atoms with van der Waals surface area (Å²) in [5.74, 6) is 0.590. The van der Waals surface area contributed by atoms with Gasteiger partial charge in [0.15, 0.2) is 0 Å². The first-order valence-corrected chi connectivity index (χ1v) is 8.00. The molecule has 3 atom stereocenters. The van der Waals surface area contributed by atoms with Crippen molar-refractivity contribution in [2.24, 2.45) is 11.8 Å². The Morgan fingerprint density at radius 1 is 0.833 bits per heavy atom. The molecule has 0 saturated heterocycles. The summed E-state index contributed by atoms with van der Waals surface area (Å²) in [6.45, 7) is 6.68. The van der Waals surface area contributed by atoms with E-state index < -0.39 is 0 Å². The van der Waals surface area contributed by atoms with Crippen molar-refractivity contribution in [2.45, 2.75) is 84.7 Å². The van der Waals surface area contributed by atoms with Gasteiger partial charge in [0.2, 0.25) is 0 Å². The summed E-state index contributed by atoms with van der Waals surface area (Å²) in [5, 5.41) is 19.7. The molecule has 0 aliphatic carbocycles. The van der Waals surface area contributed by atoms with Crippen LogP contribution in [0.25, 0.3) is 0 Å². The largest absolute Gasteiger partial charge is 0.396 e. The van der Waals surface area contributed by atoms with Gasteiger partial charge < -0.3 is 10.2 Å². The van der Waals surface area contributed by atoms with Crippen molar-refractivity contribution >= 4 is 0 Å². The molecule has 0 heterocycles. The molecule has 0 aliphatic rings. The zero-order valence-corrected chi connectivity index (χ0v) is 12.7. The molecule has 0 aromatic heterocycles. The van der Waals surface area contributed by atoms with Crippen LogP contribution in [0.3, 0.4) is 0 Å². The number of rotatable bonds is 12. The molecule has 0 aromatic carbocycles. The predicted molar refractivity (Wildman–Crippen MR) is 78.6 cm³/mol. The van der Waals surface area contributed by atoms with E-state index in [2.05, 4.69) is 13.8 Å². The number of unbranched alkanes of at least 4 members (excludes halogenated alkanes) is 4. The van der Waals surface area contributed by atoms with Gasteiger partial charge in [0.05, 0.1) is 6.10 Å². The molecule has 0 saturated carbocycles. The fourth-order valence-corrected chi connectivity index (χ4v) is 2.77. The molecule has 18 heavy (non-hydrogen) atoms. The number of hydrogen-bond acceptors (Lipinski definition) is 2. The summed E-state index contributed by atoms with van der Waals surface area (Å²) in [6.07, 6.45) is 9.98. The second kappa shape index (κ2) is 12.0. The minimum atomic E-state index is -0.236. The van der Waals surface area contributed by atoms with E-state index in [1.807, 2.05) is 6.92 Å². The number of aliphatic hydroxyl groups excluding tert-OH is 2. The van der Waals surface area contributed by atoms with Gasteiger partial charge in [-0.15, -0.1) is 0 Å². The van der Waals surface area contributed by atoms with Crippen LogP contribution < -0.4 is 0 Å². The monoisotopic (exact) mass is 258 g/mol. The van der Waals surface area contributed by atoms with Crippen molar-refractivity contribution in [1.82, 2.24) is 0 Å². The van der Waals surface area contributed by atoms with Gasteiger partial charge in [-0.05, 0) is 31.1 Å². The average molecular weight is 258 g/mol. The van der Waals surface area contributed by atoms with Crippen LogP contribution in [0, 0.1) is 11.8 Å². The molecule has 0 amide bonds. The van der Waals surface area contributed by atoms with Crippen molar-refractivity contribution in [1.29, 1.82) is 0 Å². The molecule has 0 aliphatic heterocycles. The Hall–Kier alpha value is -0.0800. The molecule has 0 aromatic rings. The Labute approximate surface area is 114 Å². The molecule has 2 N–H and O–H groups in total. The van der Waals surface area contributed by atoms with Crippen molar-refractivity contribution in [2.75, 3.05) is 6.61 Å². The van der Waals surface area contributed by atoms with Gasteiger partial charge in [-0.25, -0.2) is 0 Å². The van der Waals surface area contributed by atoms with Gasteiger partial charge in [-0.3, -0.25) is 0 Å². The summed E-state index contributed by atoms with van der Waals surface area (Å²) in [6, 6.07) is 0. The van der Waals surface area contributed by atoms with Gasteiger partial charge in [-0.2, -0.15) is 0 Å². The van der Waals surface area contributed by atoms with Crippen LogP contribution in [-0.4, -0.2) is 22.9 Å². The van der Waals surface area contributed by atoms with Crippen molar-refractivity contribution in [3.63, 3.8) is 0 Å². The molecule has 0 radical (unpaired) electrons. The van der Waals surface area contributed by atoms with Crippen LogP contribution >= 0.6 is 0 Å². The molecule has 0 bridgehead atoms. The van der Waals surface area contributed by atoms with Crippen LogP contribution in [0.5, 0.6) is 0 Å². The summed E-state index contributed by atoms with van der Waals surface area (Å²) in [5.41, 5.74) is 0. The Kier molecular flexibility index (Phi) is 11.9. The third-order valence-electron chi connectivity index (χ3n) is 4.07. The smallest absolute Gasteiger partial charge is 0.0569 e. The molecular weight excluding hydrogens is 224 g/mol. The Balaban J connectivity index is 4.27. The first kappa shape index (κ1) is 17.9. The van der Waals surface area contributed by atoms with Crippen LogP contribution in [0.15, 0.2) is 0 Å². The summed E-state index contributed by atoms with van der Waals surface area (Å²) < 4.78 is 0. The minimum absolute atomic E-state index is 0.234. The molecule has 0 spiro atoms. The van der Waals surface area contributed by atoms with Gasteiger partial charge in [0.1, 0.15) is 0 Å². The molecule has 2 nitrogen and oxygen atoms in total. The van der Waals surface area contributed by atoms with E-state index in [1.54, 1.807) is 0 Å². The number of hydrogen-bond donors (Lipinski definition) is 2. The van der Waals surface area contributed by atoms with Crippen LogP contribution in [0.1, 0.15) is 78.6 Å². The molecule has 2 heteroatoms. The van der Waals surface area contributed by atoms with E-state index in [4.69, 9.17) is 0 Å². The summed E-state index contributed by atoms with van der Waals surface area (Å²) in [7, 11) is 0. The maximum atomic E-state index is 10.2.